The summed E-state index contributed by atoms with van der Waals surface area (Å²) in [5, 5.41) is 10.8. The van der Waals surface area contributed by atoms with Gasteiger partial charge in [0.1, 0.15) is 0 Å². The predicted octanol–water partition coefficient (Wildman–Crippen LogP) is 1.82. The normalized spacial score (nSPS) is 11.3. The highest BCUT2D eigenvalue weighted by molar-refractivity contribution is 7.89. The number of hydrogen-bond acceptors (Lipinski definition) is 5. The molecule has 1 heterocycles. The van der Waals surface area contributed by atoms with E-state index in [4.69, 9.17) is 0 Å². The maximum absolute atomic E-state index is 12.3. The van der Waals surface area contributed by atoms with Crippen LogP contribution in [0.15, 0.2) is 47.6 Å². The molecule has 8 heteroatoms. The molecule has 0 saturated heterocycles. The van der Waals surface area contributed by atoms with Crippen LogP contribution in [0.3, 0.4) is 0 Å². The Morgan fingerprint density at radius 1 is 1.32 bits per heavy atom. The van der Waals surface area contributed by atoms with Crippen molar-refractivity contribution in [2.24, 2.45) is 0 Å². The van der Waals surface area contributed by atoms with Crippen LogP contribution in [0.4, 0.5) is 5.69 Å². The van der Waals surface area contributed by atoms with E-state index < -0.39 is 14.9 Å². The molecule has 0 atom stereocenters. The quantitative estimate of drug-likeness (QED) is 0.646. The van der Waals surface area contributed by atoms with Gasteiger partial charge in [0.15, 0.2) is 0 Å². The van der Waals surface area contributed by atoms with Crippen LogP contribution in [0.2, 0.25) is 0 Å². The number of nitro benzene ring substituents is 1. The Morgan fingerprint density at radius 2 is 2.09 bits per heavy atom. The number of aromatic nitrogens is 1. The molecule has 0 aliphatic carbocycles. The van der Waals surface area contributed by atoms with E-state index in [-0.39, 0.29) is 17.1 Å². The first-order valence-electron chi connectivity index (χ1n) is 6.54. The minimum Gasteiger partial charge on any atom is -0.264 e. The number of nitro groups is 1. The van der Waals surface area contributed by atoms with Crippen LogP contribution in [0.25, 0.3) is 0 Å². The van der Waals surface area contributed by atoms with Crippen molar-refractivity contribution in [3.05, 3.63) is 64.0 Å². The van der Waals surface area contributed by atoms with Crippen molar-refractivity contribution in [2.75, 3.05) is 6.54 Å². The highest BCUT2D eigenvalue weighted by atomic mass is 32.2. The molecule has 0 bridgehead atoms. The van der Waals surface area contributed by atoms with E-state index in [2.05, 4.69) is 9.71 Å². The van der Waals surface area contributed by atoms with Gasteiger partial charge < -0.3 is 0 Å². The third-order valence-electron chi connectivity index (χ3n) is 3.10. The number of hydrogen-bond donors (Lipinski definition) is 1. The van der Waals surface area contributed by atoms with Gasteiger partial charge in [0.2, 0.25) is 10.0 Å². The molecule has 0 radical (unpaired) electrons. The molecule has 0 unspecified atom stereocenters. The van der Waals surface area contributed by atoms with E-state index in [0.29, 0.717) is 12.0 Å². The fourth-order valence-corrected chi connectivity index (χ4v) is 3.24. The van der Waals surface area contributed by atoms with E-state index in [0.717, 1.165) is 11.6 Å². The highest BCUT2D eigenvalue weighted by Crippen LogP contribution is 2.21. The third-order valence-corrected chi connectivity index (χ3v) is 4.70. The molecule has 1 aromatic heterocycles. The molecular formula is C14H15N3O4S. The molecule has 0 saturated carbocycles. The minimum absolute atomic E-state index is 0.0760. The van der Waals surface area contributed by atoms with Crippen LogP contribution < -0.4 is 4.72 Å². The Kier molecular flexibility index (Phi) is 4.84. The number of nitrogens with one attached hydrogen (secondary N) is 1. The molecule has 1 N–H and O–H groups in total. The van der Waals surface area contributed by atoms with Crippen LogP contribution in [-0.4, -0.2) is 24.9 Å². The summed E-state index contributed by atoms with van der Waals surface area (Å²) < 4.78 is 27.0. The summed E-state index contributed by atoms with van der Waals surface area (Å²) in [7, 11) is -3.79. The lowest BCUT2D eigenvalue weighted by Crippen LogP contribution is -2.26. The van der Waals surface area contributed by atoms with Crippen LogP contribution in [0.5, 0.6) is 0 Å². The average Bonchev–Trinajstić information content (AvgIpc) is 2.48. The monoisotopic (exact) mass is 321 g/mol. The second-order valence-electron chi connectivity index (χ2n) is 4.72. The summed E-state index contributed by atoms with van der Waals surface area (Å²) in [5.41, 5.74) is 1.11. The van der Waals surface area contributed by atoms with Gasteiger partial charge in [-0.1, -0.05) is 12.1 Å². The van der Waals surface area contributed by atoms with Crippen molar-refractivity contribution in [3.63, 3.8) is 0 Å². The molecule has 0 spiro atoms. The summed E-state index contributed by atoms with van der Waals surface area (Å²) in [6.45, 7) is 1.79. The lowest BCUT2D eigenvalue weighted by molar-refractivity contribution is -0.385. The van der Waals surface area contributed by atoms with E-state index in [1.54, 1.807) is 25.4 Å². The third kappa shape index (κ3) is 3.86. The van der Waals surface area contributed by atoms with E-state index in [1.165, 1.54) is 12.1 Å². The van der Waals surface area contributed by atoms with Crippen molar-refractivity contribution in [2.45, 2.75) is 18.2 Å². The van der Waals surface area contributed by atoms with Gasteiger partial charge in [-0.05, 0) is 30.5 Å². The van der Waals surface area contributed by atoms with E-state index in [1.807, 2.05) is 6.07 Å². The van der Waals surface area contributed by atoms with Gasteiger partial charge in [-0.25, -0.2) is 13.1 Å². The molecule has 0 fully saturated rings. The topological polar surface area (TPSA) is 102 Å². The summed E-state index contributed by atoms with van der Waals surface area (Å²) >= 11 is 0. The molecule has 2 aromatic rings. The second-order valence-corrected chi connectivity index (χ2v) is 6.45. The Bertz CT molecular complexity index is 776. The maximum atomic E-state index is 12.3. The van der Waals surface area contributed by atoms with Crippen molar-refractivity contribution in [1.82, 2.24) is 9.71 Å². The summed E-state index contributed by atoms with van der Waals surface area (Å²) in [6.07, 6.45) is 3.79. The molecule has 0 amide bonds. The van der Waals surface area contributed by atoms with Crippen LogP contribution in [0, 0.1) is 17.0 Å². The zero-order valence-corrected chi connectivity index (χ0v) is 12.7. The summed E-state index contributed by atoms with van der Waals surface area (Å²) in [5.74, 6) is 0. The Morgan fingerprint density at radius 3 is 2.73 bits per heavy atom. The number of sulfonamides is 1. The Hall–Kier alpha value is -2.32. The van der Waals surface area contributed by atoms with Crippen molar-refractivity contribution >= 4 is 15.7 Å². The number of non-ortho nitro benzene ring substituents is 1. The molecule has 0 aliphatic rings. The lowest BCUT2D eigenvalue weighted by Gasteiger charge is -2.09. The van der Waals surface area contributed by atoms with Gasteiger partial charge in [0, 0.05) is 31.1 Å². The van der Waals surface area contributed by atoms with Gasteiger partial charge in [0.05, 0.1) is 9.82 Å². The maximum Gasteiger partial charge on any atom is 0.270 e. The zero-order chi connectivity index (χ0) is 16.2. The second kappa shape index (κ2) is 6.63. The number of nitrogens with zero attached hydrogens (tertiary/aromatic N) is 2. The Labute approximate surface area is 128 Å². The van der Waals surface area contributed by atoms with Crippen molar-refractivity contribution < 1.29 is 13.3 Å². The number of benzene rings is 1. The Balaban J connectivity index is 2.13. The summed E-state index contributed by atoms with van der Waals surface area (Å²) in [4.78, 5) is 14.0. The van der Waals surface area contributed by atoms with Gasteiger partial charge in [-0.3, -0.25) is 15.1 Å². The zero-order valence-electron chi connectivity index (χ0n) is 11.9. The van der Waals surface area contributed by atoms with Crippen molar-refractivity contribution in [1.29, 1.82) is 0 Å². The van der Waals surface area contributed by atoms with Crippen LogP contribution >= 0.6 is 0 Å². The smallest absolute Gasteiger partial charge is 0.264 e. The summed E-state index contributed by atoms with van der Waals surface area (Å²) in [6, 6.07) is 7.40. The van der Waals surface area contributed by atoms with E-state index >= 15 is 0 Å². The molecule has 0 aliphatic heterocycles. The molecular weight excluding hydrogens is 306 g/mol. The standard InChI is InChI=1S/C14H15N3O4S/c1-11-4-5-13(17(18)19)9-14(11)22(20,21)16-8-6-12-3-2-7-15-10-12/h2-5,7,9-10,16H,6,8H2,1H3. The highest BCUT2D eigenvalue weighted by Gasteiger charge is 2.20. The largest absolute Gasteiger partial charge is 0.270 e. The van der Waals surface area contributed by atoms with E-state index in [9.17, 15) is 18.5 Å². The first-order valence-corrected chi connectivity index (χ1v) is 8.02. The van der Waals surface area contributed by atoms with Crippen LogP contribution in [0.1, 0.15) is 11.1 Å². The molecule has 116 valence electrons. The molecule has 22 heavy (non-hydrogen) atoms. The number of pyridine rings is 1. The predicted molar refractivity (Wildman–Crippen MR) is 81.0 cm³/mol. The van der Waals surface area contributed by atoms with Gasteiger partial charge in [0.25, 0.3) is 5.69 Å². The van der Waals surface area contributed by atoms with Crippen LogP contribution in [-0.2, 0) is 16.4 Å². The average molecular weight is 321 g/mol. The SMILES string of the molecule is Cc1ccc([N+](=O)[O-])cc1S(=O)(=O)NCCc1cccnc1. The molecule has 1 aromatic carbocycles. The minimum atomic E-state index is -3.79. The molecule has 7 nitrogen and oxygen atoms in total. The molecule has 2 rings (SSSR count). The number of rotatable bonds is 6. The first-order chi connectivity index (χ1) is 10.4. The fourth-order valence-electron chi connectivity index (χ4n) is 1.95. The lowest BCUT2D eigenvalue weighted by atomic mass is 10.2. The number of aryl methyl sites for hydroxylation is 1. The fraction of sp³-hybridized carbons (Fsp3) is 0.214. The first kappa shape index (κ1) is 16.1. The van der Waals surface area contributed by atoms with Gasteiger partial charge in [-0.15, -0.1) is 0 Å². The van der Waals surface area contributed by atoms with Crippen molar-refractivity contribution in [3.8, 4) is 0 Å². The van der Waals surface area contributed by atoms with Gasteiger partial charge >= 0.3 is 0 Å². The van der Waals surface area contributed by atoms with Gasteiger partial charge in [-0.2, -0.15) is 0 Å².